The zero-order valence-electron chi connectivity index (χ0n) is 7.02. The Hall–Kier alpha value is -0.370. The van der Waals surface area contributed by atoms with Crippen LogP contribution in [0.25, 0.3) is 0 Å². The van der Waals surface area contributed by atoms with Gasteiger partial charge in [0, 0.05) is 12.0 Å². The van der Waals surface area contributed by atoms with Gasteiger partial charge >= 0.3 is 0 Å². The Balaban J connectivity index is 3.37. The van der Waals surface area contributed by atoms with E-state index in [0.717, 1.165) is 19.3 Å². The molecule has 0 spiro atoms. The number of hydrogen-bond acceptors (Lipinski definition) is 2. The molecule has 0 aliphatic carbocycles. The summed E-state index contributed by atoms with van der Waals surface area (Å²) in [5.74, 6) is 0. The Morgan fingerprint density at radius 1 is 1.50 bits per heavy atom. The smallest absolute Gasteiger partial charge is 0.127 e. The van der Waals surface area contributed by atoms with Gasteiger partial charge in [-0.2, -0.15) is 0 Å². The second-order valence-electron chi connectivity index (χ2n) is 3.16. The fourth-order valence-electron chi connectivity index (χ4n) is 0.514. The molecule has 0 rings (SSSR count). The van der Waals surface area contributed by atoms with E-state index < -0.39 is 0 Å². The summed E-state index contributed by atoms with van der Waals surface area (Å²) < 4.78 is 5.21. The number of aldehydes is 1. The lowest BCUT2D eigenvalue weighted by molar-refractivity contribution is -0.117. The molecule has 60 valence electrons. The predicted octanol–water partition coefficient (Wildman–Crippen LogP) is 1.64. The third kappa shape index (κ3) is 4.50. The molecule has 0 unspecified atom stereocenters. The van der Waals surface area contributed by atoms with Crippen molar-refractivity contribution in [3.05, 3.63) is 0 Å². The highest BCUT2D eigenvalue weighted by Gasteiger charge is 2.15. The summed E-state index contributed by atoms with van der Waals surface area (Å²) in [6.45, 7) is 7.07. The Labute approximate surface area is 62.6 Å². The first-order valence-corrected chi connectivity index (χ1v) is 3.66. The molecule has 0 N–H and O–H groups in total. The standard InChI is InChI=1S/C8H16O2/c1-4-5-10-7-8(2,3)6-9/h6H,4-5,7H2,1-3H3. The lowest BCUT2D eigenvalue weighted by Crippen LogP contribution is -2.20. The Morgan fingerprint density at radius 3 is 2.50 bits per heavy atom. The quantitative estimate of drug-likeness (QED) is 0.433. The van der Waals surface area contributed by atoms with Crippen molar-refractivity contribution in [1.29, 1.82) is 0 Å². The topological polar surface area (TPSA) is 26.3 Å². The normalized spacial score (nSPS) is 11.5. The van der Waals surface area contributed by atoms with Crippen LogP contribution in [0.5, 0.6) is 0 Å². The van der Waals surface area contributed by atoms with Crippen molar-refractivity contribution in [2.75, 3.05) is 13.2 Å². The first-order chi connectivity index (χ1) is 4.62. The van der Waals surface area contributed by atoms with Crippen LogP contribution >= 0.6 is 0 Å². The lowest BCUT2D eigenvalue weighted by Gasteiger charge is -2.15. The van der Waals surface area contributed by atoms with Gasteiger partial charge in [0.05, 0.1) is 6.61 Å². The summed E-state index contributed by atoms with van der Waals surface area (Å²) in [4.78, 5) is 10.3. The highest BCUT2D eigenvalue weighted by atomic mass is 16.5. The number of carbonyl (C=O) groups excluding carboxylic acids is 1. The van der Waals surface area contributed by atoms with E-state index in [-0.39, 0.29) is 5.41 Å². The van der Waals surface area contributed by atoms with E-state index in [1.54, 1.807) is 0 Å². The zero-order valence-corrected chi connectivity index (χ0v) is 7.02. The van der Waals surface area contributed by atoms with Crippen LogP contribution < -0.4 is 0 Å². The van der Waals surface area contributed by atoms with Crippen molar-refractivity contribution < 1.29 is 9.53 Å². The van der Waals surface area contributed by atoms with Gasteiger partial charge in [0.2, 0.25) is 0 Å². The highest BCUT2D eigenvalue weighted by Crippen LogP contribution is 2.10. The summed E-state index contributed by atoms with van der Waals surface area (Å²) in [6, 6.07) is 0. The van der Waals surface area contributed by atoms with Gasteiger partial charge in [-0.25, -0.2) is 0 Å². The first kappa shape index (κ1) is 9.63. The van der Waals surface area contributed by atoms with E-state index >= 15 is 0 Å². The number of hydrogen-bond donors (Lipinski definition) is 0. The van der Waals surface area contributed by atoms with Crippen molar-refractivity contribution >= 4 is 6.29 Å². The Morgan fingerprint density at radius 2 is 2.10 bits per heavy atom. The third-order valence-corrected chi connectivity index (χ3v) is 1.14. The van der Waals surface area contributed by atoms with Gasteiger partial charge in [-0.3, -0.25) is 0 Å². The molecule has 0 heterocycles. The van der Waals surface area contributed by atoms with Crippen LogP contribution in [0.3, 0.4) is 0 Å². The maximum absolute atomic E-state index is 10.3. The molecule has 0 aliphatic heterocycles. The van der Waals surface area contributed by atoms with Crippen LogP contribution in [-0.4, -0.2) is 19.5 Å². The van der Waals surface area contributed by atoms with Crippen molar-refractivity contribution in [2.24, 2.45) is 5.41 Å². The van der Waals surface area contributed by atoms with Crippen LogP contribution in [0.4, 0.5) is 0 Å². The summed E-state index contributed by atoms with van der Waals surface area (Å²) >= 11 is 0. The average Bonchev–Trinajstić information content (AvgIpc) is 1.89. The van der Waals surface area contributed by atoms with Gasteiger partial charge in [0.25, 0.3) is 0 Å². The molecular weight excluding hydrogens is 128 g/mol. The Kier molecular flexibility index (Phi) is 4.28. The van der Waals surface area contributed by atoms with Crippen molar-refractivity contribution in [2.45, 2.75) is 27.2 Å². The highest BCUT2D eigenvalue weighted by molar-refractivity contribution is 5.57. The van der Waals surface area contributed by atoms with Crippen molar-refractivity contribution in [1.82, 2.24) is 0 Å². The largest absolute Gasteiger partial charge is 0.380 e. The van der Waals surface area contributed by atoms with Crippen molar-refractivity contribution in [3.8, 4) is 0 Å². The van der Waals surface area contributed by atoms with Crippen LogP contribution in [0.15, 0.2) is 0 Å². The first-order valence-electron chi connectivity index (χ1n) is 3.66. The van der Waals surface area contributed by atoms with E-state index in [2.05, 4.69) is 0 Å². The lowest BCUT2D eigenvalue weighted by atomic mass is 9.98. The molecule has 0 atom stereocenters. The minimum atomic E-state index is -0.310. The average molecular weight is 144 g/mol. The monoisotopic (exact) mass is 144 g/mol. The molecule has 0 amide bonds. The molecule has 10 heavy (non-hydrogen) atoms. The van der Waals surface area contributed by atoms with Gasteiger partial charge < -0.3 is 9.53 Å². The van der Waals surface area contributed by atoms with Gasteiger partial charge in [-0.05, 0) is 6.42 Å². The van der Waals surface area contributed by atoms with E-state index in [9.17, 15) is 4.79 Å². The van der Waals surface area contributed by atoms with E-state index in [0.29, 0.717) is 6.61 Å². The van der Waals surface area contributed by atoms with E-state index in [1.807, 2.05) is 20.8 Å². The van der Waals surface area contributed by atoms with Gasteiger partial charge in [-0.1, -0.05) is 20.8 Å². The number of ether oxygens (including phenoxy) is 1. The van der Waals surface area contributed by atoms with Crippen LogP contribution in [-0.2, 0) is 9.53 Å². The number of rotatable bonds is 5. The molecule has 0 saturated heterocycles. The molecule has 0 aromatic rings. The second-order valence-corrected chi connectivity index (χ2v) is 3.16. The fraction of sp³-hybridized carbons (Fsp3) is 0.875. The predicted molar refractivity (Wildman–Crippen MR) is 41.0 cm³/mol. The molecule has 2 heteroatoms. The van der Waals surface area contributed by atoms with Crippen LogP contribution in [0.2, 0.25) is 0 Å². The van der Waals surface area contributed by atoms with Crippen molar-refractivity contribution in [3.63, 3.8) is 0 Å². The molecule has 0 bridgehead atoms. The summed E-state index contributed by atoms with van der Waals surface area (Å²) in [7, 11) is 0. The minimum absolute atomic E-state index is 0.310. The SMILES string of the molecule is CCCOCC(C)(C)C=O. The minimum Gasteiger partial charge on any atom is -0.380 e. The third-order valence-electron chi connectivity index (χ3n) is 1.14. The van der Waals surface area contributed by atoms with E-state index in [4.69, 9.17) is 4.74 Å². The maximum atomic E-state index is 10.3. The molecule has 0 saturated carbocycles. The molecule has 0 aliphatic rings. The van der Waals surface area contributed by atoms with Crippen LogP contribution in [0, 0.1) is 5.41 Å². The second kappa shape index (κ2) is 4.45. The summed E-state index contributed by atoms with van der Waals surface area (Å²) in [5, 5.41) is 0. The molecule has 2 nitrogen and oxygen atoms in total. The van der Waals surface area contributed by atoms with Gasteiger partial charge in [-0.15, -0.1) is 0 Å². The van der Waals surface area contributed by atoms with E-state index in [1.165, 1.54) is 0 Å². The molecule has 0 radical (unpaired) electrons. The Bertz CT molecular complexity index is 97.4. The molecule has 0 aromatic carbocycles. The molecule has 0 fully saturated rings. The van der Waals surface area contributed by atoms with Gasteiger partial charge in [0.15, 0.2) is 0 Å². The molecule has 0 aromatic heterocycles. The maximum Gasteiger partial charge on any atom is 0.127 e. The van der Waals surface area contributed by atoms with Gasteiger partial charge in [0.1, 0.15) is 6.29 Å². The summed E-state index contributed by atoms with van der Waals surface area (Å²) in [5.41, 5.74) is -0.310. The molecular formula is C8H16O2. The summed E-state index contributed by atoms with van der Waals surface area (Å²) in [6.07, 6.45) is 1.94. The van der Waals surface area contributed by atoms with Crippen LogP contribution in [0.1, 0.15) is 27.2 Å². The number of carbonyl (C=O) groups is 1. The fourth-order valence-corrected chi connectivity index (χ4v) is 0.514. The zero-order chi connectivity index (χ0) is 8.04.